The van der Waals surface area contributed by atoms with Crippen LogP contribution in [0.2, 0.25) is 0 Å². The van der Waals surface area contributed by atoms with E-state index in [0.29, 0.717) is 18.7 Å². The molecule has 0 unspecified atom stereocenters. The number of rotatable bonds is 7. The van der Waals surface area contributed by atoms with Gasteiger partial charge in [-0.2, -0.15) is 0 Å². The van der Waals surface area contributed by atoms with Crippen LogP contribution in [0.3, 0.4) is 0 Å². The molecule has 4 nitrogen and oxygen atoms in total. The maximum Gasteiger partial charge on any atom is 0.220 e. The normalized spacial score (nSPS) is 12.1. The van der Waals surface area contributed by atoms with Crippen LogP contribution in [-0.2, 0) is 11.2 Å². The summed E-state index contributed by atoms with van der Waals surface area (Å²) in [6.07, 6.45) is 4.68. The summed E-state index contributed by atoms with van der Waals surface area (Å²) in [6, 6.07) is 8.07. The Morgan fingerprint density at radius 3 is 2.77 bits per heavy atom. The summed E-state index contributed by atoms with van der Waals surface area (Å²) in [5.41, 5.74) is 0.975. The van der Waals surface area contributed by atoms with Gasteiger partial charge < -0.3 is 9.73 Å². The molecule has 0 aliphatic rings. The molecule has 1 N–H and O–H groups in total. The standard InChI is InChI=1S/C17H21BrN2O2/c1-3-4-12(2)20-16(21)9-10-17-19-11-15(22-17)13-5-7-14(18)8-6-13/h5-8,11-12H,3-4,9-10H2,1-2H3,(H,20,21)/t12-/m1/s1. The van der Waals surface area contributed by atoms with Crippen molar-refractivity contribution in [2.45, 2.75) is 45.6 Å². The molecule has 22 heavy (non-hydrogen) atoms. The predicted molar refractivity (Wildman–Crippen MR) is 90.5 cm³/mol. The number of carbonyl (C=O) groups is 1. The predicted octanol–water partition coefficient (Wildman–Crippen LogP) is 4.34. The Morgan fingerprint density at radius 2 is 2.09 bits per heavy atom. The molecule has 1 amide bonds. The van der Waals surface area contributed by atoms with Gasteiger partial charge in [-0.15, -0.1) is 0 Å². The second-order valence-corrected chi connectivity index (χ2v) is 6.30. The maximum absolute atomic E-state index is 11.8. The minimum Gasteiger partial charge on any atom is -0.441 e. The fraction of sp³-hybridized carbons (Fsp3) is 0.412. The second kappa shape index (κ2) is 8.13. The van der Waals surface area contributed by atoms with Crippen molar-refractivity contribution in [3.8, 4) is 11.3 Å². The summed E-state index contributed by atoms with van der Waals surface area (Å²) in [6.45, 7) is 4.14. The van der Waals surface area contributed by atoms with Crippen LogP contribution in [0, 0.1) is 0 Å². The summed E-state index contributed by atoms with van der Waals surface area (Å²) in [4.78, 5) is 16.1. The monoisotopic (exact) mass is 364 g/mol. The lowest BCUT2D eigenvalue weighted by Gasteiger charge is -2.11. The molecule has 118 valence electrons. The third-order valence-corrected chi connectivity index (χ3v) is 3.91. The van der Waals surface area contributed by atoms with Gasteiger partial charge >= 0.3 is 0 Å². The van der Waals surface area contributed by atoms with Gasteiger partial charge in [0, 0.05) is 28.9 Å². The Morgan fingerprint density at radius 1 is 1.36 bits per heavy atom. The first-order chi connectivity index (χ1) is 10.6. The van der Waals surface area contributed by atoms with Crippen LogP contribution in [0.25, 0.3) is 11.3 Å². The van der Waals surface area contributed by atoms with Gasteiger partial charge in [-0.3, -0.25) is 4.79 Å². The number of hydrogen-bond donors (Lipinski definition) is 1. The Kier molecular flexibility index (Phi) is 6.19. The lowest BCUT2D eigenvalue weighted by Crippen LogP contribution is -2.32. The molecule has 1 atom stereocenters. The van der Waals surface area contributed by atoms with E-state index in [2.05, 4.69) is 33.2 Å². The summed E-state index contributed by atoms with van der Waals surface area (Å²) >= 11 is 3.40. The van der Waals surface area contributed by atoms with E-state index in [9.17, 15) is 4.79 Å². The van der Waals surface area contributed by atoms with Crippen molar-refractivity contribution in [3.05, 3.63) is 40.8 Å². The van der Waals surface area contributed by atoms with Crippen LogP contribution in [0.4, 0.5) is 0 Å². The molecular weight excluding hydrogens is 344 g/mol. The molecule has 1 heterocycles. The number of amides is 1. The number of benzene rings is 1. The highest BCUT2D eigenvalue weighted by atomic mass is 79.9. The van der Waals surface area contributed by atoms with Crippen molar-refractivity contribution < 1.29 is 9.21 Å². The average molecular weight is 365 g/mol. The van der Waals surface area contributed by atoms with Gasteiger partial charge in [-0.1, -0.05) is 41.4 Å². The fourth-order valence-corrected chi connectivity index (χ4v) is 2.51. The van der Waals surface area contributed by atoms with Gasteiger partial charge in [0.1, 0.15) is 0 Å². The Bertz CT molecular complexity index is 607. The minimum atomic E-state index is 0.0457. The zero-order valence-electron chi connectivity index (χ0n) is 12.9. The molecule has 1 aromatic heterocycles. The lowest BCUT2D eigenvalue weighted by molar-refractivity contribution is -0.121. The molecule has 0 bridgehead atoms. The van der Waals surface area contributed by atoms with Gasteiger partial charge in [0.15, 0.2) is 11.7 Å². The zero-order chi connectivity index (χ0) is 15.9. The molecule has 2 aromatic rings. The van der Waals surface area contributed by atoms with E-state index in [0.717, 1.165) is 28.6 Å². The van der Waals surface area contributed by atoms with Crippen LogP contribution in [-0.4, -0.2) is 16.9 Å². The third kappa shape index (κ3) is 4.98. The number of carbonyl (C=O) groups excluding carboxylic acids is 1. The van der Waals surface area contributed by atoms with Crippen molar-refractivity contribution in [3.63, 3.8) is 0 Å². The SMILES string of the molecule is CCC[C@@H](C)NC(=O)CCc1ncc(-c2ccc(Br)cc2)o1. The third-order valence-electron chi connectivity index (χ3n) is 3.38. The first-order valence-corrected chi connectivity index (χ1v) is 8.37. The zero-order valence-corrected chi connectivity index (χ0v) is 14.5. The highest BCUT2D eigenvalue weighted by molar-refractivity contribution is 9.10. The van der Waals surface area contributed by atoms with Gasteiger partial charge in [0.2, 0.25) is 5.91 Å². The molecule has 0 aliphatic heterocycles. The summed E-state index contributed by atoms with van der Waals surface area (Å²) in [7, 11) is 0. The van der Waals surface area contributed by atoms with Crippen molar-refractivity contribution >= 4 is 21.8 Å². The van der Waals surface area contributed by atoms with Crippen molar-refractivity contribution in [1.29, 1.82) is 0 Å². The van der Waals surface area contributed by atoms with Gasteiger partial charge in [0.25, 0.3) is 0 Å². The van der Waals surface area contributed by atoms with Gasteiger partial charge in [-0.05, 0) is 25.5 Å². The first kappa shape index (κ1) is 16.7. The highest BCUT2D eigenvalue weighted by Crippen LogP contribution is 2.22. The van der Waals surface area contributed by atoms with E-state index in [-0.39, 0.29) is 11.9 Å². The molecule has 0 radical (unpaired) electrons. The molecular formula is C17H21BrN2O2. The quantitative estimate of drug-likeness (QED) is 0.794. The topological polar surface area (TPSA) is 55.1 Å². The van der Waals surface area contributed by atoms with E-state index >= 15 is 0 Å². The van der Waals surface area contributed by atoms with Gasteiger partial charge in [-0.25, -0.2) is 4.98 Å². The van der Waals surface area contributed by atoms with Crippen LogP contribution >= 0.6 is 15.9 Å². The molecule has 0 spiro atoms. The van der Waals surface area contributed by atoms with Crippen LogP contribution in [0.1, 0.15) is 39.0 Å². The van der Waals surface area contributed by atoms with E-state index in [4.69, 9.17) is 4.42 Å². The highest BCUT2D eigenvalue weighted by Gasteiger charge is 2.10. The molecule has 0 saturated carbocycles. The number of halogens is 1. The average Bonchev–Trinajstić information content (AvgIpc) is 2.95. The minimum absolute atomic E-state index is 0.0457. The van der Waals surface area contributed by atoms with Gasteiger partial charge in [0.05, 0.1) is 6.20 Å². The van der Waals surface area contributed by atoms with Crippen molar-refractivity contribution in [2.24, 2.45) is 0 Å². The Labute approximate surface area is 139 Å². The smallest absolute Gasteiger partial charge is 0.220 e. The van der Waals surface area contributed by atoms with Crippen molar-refractivity contribution in [2.75, 3.05) is 0 Å². The largest absolute Gasteiger partial charge is 0.441 e. The summed E-state index contributed by atoms with van der Waals surface area (Å²) < 4.78 is 6.73. The number of nitrogens with one attached hydrogen (secondary N) is 1. The van der Waals surface area contributed by atoms with Crippen LogP contribution in [0.5, 0.6) is 0 Å². The van der Waals surface area contributed by atoms with E-state index in [1.54, 1.807) is 6.20 Å². The first-order valence-electron chi connectivity index (χ1n) is 7.58. The Balaban J connectivity index is 1.87. The summed E-state index contributed by atoms with van der Waals surface area (Å²) in [5, 5.41) is 2.98. The molecule has 0 saturated heterocycles. The fourth-order valence-electron chi connectivity index (χ4n) is 2.25. The molecule has 5 heteroatoms. The maximum atomic E-state index is 11.8. The van der Waals surface area contributed by atoms with E-state index in [1.165, 1.54) is 0 Å². The van der Waals surface area contributed by atoms with Crippen molar-refractivity contribution in [1.82, 2.24) is 10.3 Å². The molecule has 0 aliphatic carbocycles. The lowest BCUT2D eigenvalue weighted by atomic mass is 10.2. The Hall–Kier alpha value is -1.62. The number of oxazole rings is 1. The number of nitrogens with zero attached hydrogens (tertiary/aromatic N) is 1. The van der Waals surface area contributed by atoms with E-state index < -0.39 is 0 Å². The molecule has 2 rings (SSSR count). The second-order valence-electron chi connectivity index (χ2n) is 5.38. The number of aryl methyl sites for hydroxylation is 1. The summed E-state index contributed by atoms with van der Waals surface area (Å²) in [5.74, 6) is 1.36. The molecule has 1 aromatic carbocycles. The molecule has 0 fully saturated rings. The van der Waals surface area contributed by atoms with Crippen LogP contribution in [0.15, 0.2) is 39.4 Å². The number of hydrogen-bond acceptors (Lipinski definition) is 3. The number of aromatic nitrogens is 1. The van der Waals surface area contributed by atoms with E-state index in [1.807, 2.05) is 31.2 Å². The van der Waals surface area contributed by atoms with Crippen LogP contribution < -0.4 is 5.32 Å².